The highest BCUT2D eigenvalue weighted by molar-refractivity contribution is 7.91. The largest absolute Gasteiger partial charge is 0.494 e. The lowest BCUT2D eigenvalue weighted by molar-refractivity contribution is -0.139. The third-order valence-corrected chi connectivity index (χ3v) is 7.36. The van der Waals surface area contributed by atoms with Crippen LogP contribution in [0, 0.1) is 5.92 Å². The van der Waals surface area contributed by atoms with Gasteiger partial charge in [0.2, 0.25) is 10.0 Å². The highest BCUT2D eigenvalue weighted by atomic mass is 32.2. The van der Waals surface area contributed by atoms with Crippen LogP contribution in [0.4, 0.5) is 0 Å². The first-order valence-corrected chi connectivity index (χ1v) is 10.1. The summed E-state index contributed by atoms with van der Waals surface area (Å²) in [5.41, 5.74) is 1.14. The van der Waals surface area contributed by atoms with Gasteiger partial charge < -0.3 is 9.84 Å². The Kier molecular flexibility index (Phi) is 6.11. The van der Waals surface area contributed by atoms with Gasteiger partial charge in [0.15, 0.2) is 4.75 Å². The molecule has 1 heterocycles. The topological polar surface area (TPSA) is 83.9 Å². The van der Waals surface area contributed by atoms with Crippen LogP contribution in [0.1, 0.15) is 39.2 Å². The van der Waals surface area contributed by atoms with Crippen molar-refractivity contribution in [2.24, 2.45) is 5.92 Å². The van der Waals surface area contributed by atoms with Crippen LogP contribution in [-0.4, -0.2) is 48.2 Å². The Balaban J connectivity index is 2.02. The van der Waals surface area contributed by atoms with Crippen LogP contribution >= 0.6 is 0 Å². The van der Waals surface area contributed by atoms with Gasteiger partial charge in [-0.1, -0.05) is 18.2 Å². The molecule has 1 saturated heterocycles. The molecule has 1 aromatic rings. The minimum absolute atomic E-state index is 0.362. The summed E-state index contributed by atoms with van der Waals surface area (Å²) < 4.78 is 30.3. The van der Waals surface area contributed by atoms with E-state index in [0.717, 1.165) is 30.6 Å². The molecule has 0 spiro atoms. The van der Waals surface area contributed by atoms with E-state index in [0.29, 0.717) is 25.6 Å². The first kappa shape index (κ1) is 19.7. The third kappa shape index (κ3) is 4.15. The highest BCUT2D eigenvalue weighted by Crippen LogP contribution is 2.30. The predicted octanol–water partition coefficient (Wildman–Crippen LogP) is 2.53. The van der Waals surface area contributed by atoms with Crippen LogP contribution in [0.2, 0.25) is 0 Å². The second-order valence-electron chi connectivity index (χ2n) is 6.91. The molecule has 2 rings (SSSR count). The van der Waals surface area contributed by atoms with E-state index in [9.17, 15) is 18.3 Å². The Labute approximate surface area is 149 Å². The summed E-state index contributed by atoms with van der Waals surface area (Å²) in [6.45, 7) is 5.77. The Morgan fingerprint density at radius 2 is 1.88 bits per heavy atom. The number of piperidine rings is 1. The van der Waals surface area contributed by atoms with Gasteiger partial charge in [0.1, 0.15) is 5.75 Å². The van der Waals surface area contributed by atoms with Gasteiger partial charge in [-0.3, -0.25) is 4.79 Å². The lowest BCUT2D eigenvalue weighted by Crippen LogP contribution is -2.51. The van der Waals surface area contributed by atoms with Crippen molar-refractivity contribution in [1.29, 1.82) is 0 Å². The van der Waals surface area contributed by atoms with E-state index in [2.05, 4.69) is 0 Å². The standard InChI is InChI=1S/C18H27NO5S/c1-4-24-16-8-6-5-7-15(16)13-14-9-11-19(12-10-14)25(22,23)18(2,3)17(20)21/h5-8,14H,4,9-13H2,1-3H3,(H,20,21). The predicted molar refractivity (Wildman–Crippen MR) is 96.2 cm³/mol. The molecule has 0 radical (unpaired) electrons. The van der Waals surface area contributed by atoms with Gasteiger partial charge in [0.05, 0.1) is 6.61 Å². The van der Waals surface area contributed by atoms with Crippen LogP contribution in [0.3, 0.4) is 0 Å². The summed E-state index contributed by atoms with van der Waals surface area (Å²) in [7, 11) is -3.86. The number of ether oxygens (including phenoxy) is 1. The fraction of sp³-hybridized carbons (Fsp3) is 0.611. The molecule has 1 N–H and O–H groups in total. The summed E-state index contributed by atoms with van der Waals surface area (Å²) in [4.78, 5) is 11.3. The third-order valence-electron chi connectivity index (χ3n) is 4.85. The molecule has 0 unspecified atom stereocenters. The number of hydrogen-bond donors (Lipinski definition) is 1. The molecule has 0 bridgehead atoms. The molecule has 7 heteroatoms. The normalized spacial score (nSPS) is 17.4. The minimum Gasteiger partial charge on any atom is -0.494 e. The first-order chi connectivity index (χ1) is 11.7. The maximum atomic E-state index is 12.6. The molecule has 0 atom stereocenters. The minimum atomic E-state index is -3.86. The molecule has 25 heavy (non-hydrogen) atoms. The van der Waals surface area contributed by atoms with Crippen LogP contribution in [0.25, 0.3) is 0 Å². The van der Waals surface area contributed by atoms with Crippen molar-refractivity contribution in [2.75, 3.05) is 19.7 Å². The fourth-order valence-corrected chi connectivity index (χ4v) is 4.62. The van der Waals surface area contributed by atoms with E-state index in [1.165, 1.54) is 18.2 Å². The fourth-order valence-electron chi connectivity index (χ4n) is 3.07. The van der Waals surface area contributed by atoms with Gasteiger partial charge >= 0.3 is 5.97 Å². The molecular formula is C18H27NO5S. The van der Waals surface area contributed by atoms with E-state index in [4.69, 9.17) is 4.74 Å². The Morgan fingerprint density at radius 1 is 1.28 bits per heavy atom. The summed E-state index contributed by atoms with van der Waals surface area (Å²) >= 11 is 0. The second-order valence-corrected chi connectivity index (χ2v) is 9.39. The number of sulfonamides is 1. The van der Waals surface area contributed by atoms with E-state index in [1.54, 1.807) is 0 Å². The van der Waals surface area contributed by atoms with Crippen LogP contribution in [-0.2, 0) is 21.2 Å². The average Bonchev–Trinajstić information content (AvgIpc) is 2.57. The molecule has 0 aromatic heterocycles. The Hall–Kier alpha value is -1.60. The van der Waals surface area contributed by atoms with Crippen molar-refractivity contribution >= 4 is 16.0 Å². The lowest BCUT2D eigenvalue weighted by atomic mass is 9.90. The van der Waals surface area contributed by atoms with Gasteiger partial charge in [0.25, 0.3) is 0 Å². The molecule has 0 aliphatic carbocycles. The van der Waals surface area contributed by atoms with Crippen LogP contribution in [0.5, 0.6) is 5.75 Å². The number of carbonyl (C=O) groups is 1. The van der Waals surface area contributed by atoms with Crippen molar-refractivity contribution in [1.82, 2.24) is 4.31 Å². The van der Waals surface area contributed by atoms with Gasteiger partial charge in [-0.15, -0.1) is 0 Å². The van der Waals surface area contributed by atoms with E-state index in [1.807, 2.05) is 31.2 Å². The average molecular weight is 369 g/mol. The molecule has 1 aliphatic rings. The van der Waals surface area contributed by atoms with E-state index < -0.39 is 20.7 Å². The number of carboxylic acids is 1. The molecule has 1 aliphatic heterocycles. The van der Waals surface area contributed by atoms with Crippen molar-refractivity contribution in [3.05, 3.63) is 29.8 Å². The zero-order valence-corrected chi connectivity index (χ0v) is 15.9. The van der Waals surface area contributed by atoms with Crippen LogP contribution in [0.15, 0.2) is 24.3 Å². The van der Waals surface area contributed by atoms with Crippen molar-refractivity contribution in [3.63, 3.8) is 0 Å². The number of rotatable bonds is 7. The van der Waals surface area contributed by atoms with E-state index >= 15 is 0 Å². The van der Waals surface area contributed by atoms with Crippen molar-refractivity contribution in [2.45, 2.75) is 44.8 Å². The summed E-state index contributed by atoms with van der Waals surface area (Å²) in [6.07, 6.45) is 2.27. The quantitative estimate of drug-likeness (QED) is 0.798. The molecule has 0 amide bonds. The summed E-state index contributed by atoms with van der Waals surface area (Å²) in [6, 6.07) is 7.92. The molecule has 6 nitrogen and oxygen atoms in total. The van der Waals surface area contributed by atoms with Gasteiger partial charge in [-0.05, 0) is 57.6 Å². The molecular weight excluding hydrogens is 342 g/mol. The number of hydrogen-bond acceptors (Lipinski definition) is 4. The molecule has 0 saturated carbocycles. The van der Waals surface area contributed by atoms with Gasteiger partial charge in [0, 0.05) is 13.1 Å². The van der Waals surface area contributed by atoms with Gasteiger partial charge in [-0.2, -0.15) is 0 Å². The Morgan fingerprint density at radius 3 is 2.44 bits per heavy atom. The maximum Gasteiger partial charge on any atom is 0.325 e. The first-order valence-electron chi connectivity index (χ1n) is 8.64. The van der Waals surface area contributed by atoms with Crippen LogP contribution < -0.4 is 4.74 Å². The number of aliphatic carboxylic acids is 1. The zero-order chi connectivity index (χ0) is 18.7. The molecule has 1 aromatic carbocycles. The summed E-state index contributed by atoms with van der Waals surface area (Å²) in [5.74, 6) is -0.0756. The summed E-state index contributed by atoms with van der Waals surface area (Å²) in [5, 5.41) is 9.22. The monoisotopic (exact) mass is 369 g/mol. The number of carboxylic acid groups (broad SMARTS) is 1. The SMILES string of the molecule is CCOc1ccccc1CC1CCN(S(=O)(=O)C(C)(C)C(=O)O)CC1. The highest BCUT2D eigenvalue weighted by Gasteiger charge is 2.46. The molecule has 1 fully saturated rings. The number of nitrogens with zero attached hydrogens (tertiary/aromatic N) is 1. The Bertz CT molecular complexity index is 706. The van der Waals surface area contributed by atoms with Crippen molar-refractivity contribution in [3.8, 4) is 5.75 Å². The lowest BCUT2D eigenvalue weighted by Gasteiger charge is -2.35. The smallest absolute Gasteiger partial charge is 0.325 e. The molecule has 140 valence electrons. The maximum absolute atomic E-state index is 12.6. The van der Waals surface area contributed by atoms with E-state index in [-0.39, 0.29) is 0 Å². The van der Waals surface area contributed by atoms with Crippen molar-refractivity contribution < 1.29 is 23.1 Å². The van der Waals surface area contributed by atoms with Gasteiger partial charge in [-0.25, -0.2) is 12.7 Å². The zero-order valence-electron chi connectivity index (χ0n) is 15.1. The second kappa shape index (κ2) is 7.74. The number of para-hydroxylation sites is 1. The number of benzene rings is 1.